The Morgan fingerprint density at radius 3 is 2.53 bits per heavy atom. The van der Waals surface area contributed by atoms with Gasteiger partial charge in [0.05, 0.1) is 5.92 Å². The van der Waals surface area contributed by atoms with Gasteiger partial charge in [-0.15, -0.1) is 0 Å². The van der Waals surface area contributed by atoms with E-state index in [1.165, 1.54) is 25.7 Å². The van der Waals surface area contributed by atoms with E-state index < -0.39 is 11.9 Å². The van der Waals surface area contributed by atoms with Crippen molar-refractivity contribution >= 4 is 11.9 Å². The molecule has 0 saturated carbocycles. The molecule has 1 fully saturated rings. The maximum atomic E-state index is 11.5. The number of rotatable bonds is 8. The summed E-state index contributed by atoms with van der Waals surface area (Å²) in [6.07, 6.45) is 7.34. The van der Waals surface area contributed by atoms with E-state index >= 15 is 0 Å². The zero-order valence-electron chi connectivity index (χ0n) is 10.7. The van der Waals surface area contributed by atoms with Crippen molar-refractivity contribution < 1.29 is 14.7 Å². The Balaban J connectivity index is 2.11. The highest BCUT2D eigenvalue weighted by Crippen LogP contribution is 2.18. The molecule has 1 rings (SSSR count). The molecule has 0 aromatic carbocycles. The third-order valence-electron chi connectivity index (χ3n) is 3.35. The third kappa shape index (κ3) is 4.75. The van der Waals surface area contributed by atoms with Crippen LogP contribution in [0.5, 0.6) is 0 Å². The lowest BCUT2D eigenvalue weighted by molar-refractivity contribution is -0.141. The molecule has 1 aliphatic heterocycles. The predicted octanol–water partition coefficient (Wildman–Crippen LogP) is 2.28. The fourth-order valence-electron chi connectivity index (χ4n) is 2.24. The first-order valence-electron chi connectivity index (χ1n) is 6.65. The summed E-state index contributed by atoms with van der Waals surface area (Å²) in [6.45, 7) is 3.33. The van der Waals surface area contributed by atoms with Crippen LogP contribution in [0.4, 0.5) is 0 Å². The number of amides is 1. The molecule has 1 amide bonds. The number of carbonyl (C=O) groups is 2. The fraction of sp³-hybridized carbons (Fsp3) is 0.846. The van der Waals surface area contributed by atoms with E-state index in [0.717, 1.165) is 19.4 Å². The Labute approximate surface area is 103 Å². The normalized spacial score (nSPS) is 19.9. The molecular formula is C13H23NO3. The number of carbonyl (C=O) groups excluding carboxylic acids is 1. The number of aliphatic carboxylic acids is 1. The average Bonchev–Trinajstić information content (AvgIpc) is 2.65. The van der Waals surface area contributed by atoms with Crippen molar-refractivity contribution in [1.29, 1.82) is 0 Å². The van der Waals surface area contributed by atoms with Gasteiger partial charge >= 0.3 is 5.97 Å². The minimum absolute atomic E-state index is 0.00552. The molecule has 1 heterocycles. The van der Waals surface area contributed by atoms with Crippen LogP contribution in [0.3, 0.4) is 0 Å². The summed E-state index contributed by atoms with van der Waals surface area (Å²) in [6, 6.07) is 0. The van der Waals surface area contributed by atoms with Gasteiger partial charge in [0.1, 0.15) is 0 Å². The van der Waals surface area contributed by atoms with Crippen molar-refractivity contribution in [2.24, 2.45) is 5.92 Å². The summed E-state index contributed by atoms with van der Waals surface area (Å²) in [4.78, 5) is 24.0. The topological polar surface area (TPSA) is 57.6 Å². The molecule has 0 spiro atoms. The average molecular weight is 241 g/mol. The van der Waals surface area contributed by atoms with Gasteiger partial charge in [-0.1, -0.05) is 39.0 Å². The standard InChI is InChI=1S/C13H23NO3/c1-2-3-4-5-6-7-8-14-10-11(13(16)17)9-12(14)15/h11H,2-10H2,1H3,(H,16,17). The molecule has 0 aromatic heterocycles. The van der Waals surface area contributed by atoms with Crippen molar-refractivity contribution in [1.82, 2.24) is 4.90 Å². The molecule has 4 nitrogen and oxygen atoms in total. The largest absolute Gasteiger partial charge is 0.481 e. The predicted molar refractivity (Wildman–Crippen MR) is 65.7 cm³/mol. The molecule has 0 bridgehead atoms. The minimum atomic E-state index is -0.844. The zero-order chi connectivity index (χ0) is 12.7. The smallest absolute Gasteiger partial charge is 0.308 e. The number of nitrogens with zero attached hydrogens (tertiary/aromatic N) is 1. The van der Waals surface area contributed by atoms with E-state index in [2.05, 4.69) is 6.92 Å². The Bertz CT molecular complexity index is 265. The molecule has 1 N–H and O–H groups in total. The molecule has 1 saturated heterocycles. The molecule has 0 aliphatic carbocycles. The van der Waals surface area contributed by atoms with Crippen molar-refractivity contribution in [2.75, 3.05) is 13.1 Å². The van der Waals surface area contributed by atoms with Crippen molar-refractivity contribution in [2.45, 2.75) is 51.9 Å². The first kappa shape index (κ1) is 14.0. The second-order valence-electron chi connectivity index (χ2n) is 4.85. The van der Waals surface area contributed by atoms with Gasteiger partial charge in [-0.3, -0.25) is 9.59 Å². The summed E-state index contributed by atoms with van der Waals surface area (Å²) in [7, 11) is 0. The summed E-state index contributed by atoms with van der Waals surface area (Å²) >= 11 is 0. The number of likely N-dealkylation sites (tertiary alicyclic amines) is 1. The highest BCUT2D eigenvalue weighted by molar-refractivity contribution is 5.86. The minimum Gasteiger partial charge on any atom is -0.481 e. The van der Waals surface area contributed by atoms with Crippen LogP contribution in [0.2, 0.25) is 0 Å². The molecule has 1 atom stereocenters. The Morgan fingerprint density at radius 1 is 1.29 bits per heavy atom. The summed E-state index contributed by atoms with van der Waals surface area (Å²) < 4.78 is 0. The summed E-state index contributed by atoms with van der Waals surface area (Å²) in [5.41, 5.74) is 0. The first-order valence-corrected chi connectivity index (χ1v) is 6.65. The second-order valence-corrected chi connectivity index (χ2v) is 4.85. The van der Waals surface area contributed by atoms with Crippen LogP contribution >= 0.6 is 0 Å². The van der Waals surface area contributed by atoms with Gasteiger partial charge in [-0.25, -0.2) is 0 Å². The Morgan fingerprint density at radius 2 is 1.94 bits per heavy atom. The van der Waals surface area contributed by atoms with Gasteiger partial charge in [0.25, 0.3) is 0 Å². The van der Waals surface area contributed by atoms with E-state index in [1.54, 1.807) is 4.90 Å². The third-order valence-corrected chi connectivity index (χ3v) is 3.35. The molecule has 1 unspecified atom stereocenters. The molecular weight excluding hydrogens is 218 g/mol. The van der Waals surface area contributed by atoms with Crippen LogP contribution in [0.1, 0.15) is 51.9 Å². The lowest BCUT2D eigenvalue weighted by Crippen LogP contribution is -2.27. The molecule has 17 heavy (non-hydrogen) atoms. The van der Waals surface area contributed by atoms with Crippen LogP contribution in [-0.4, -0.2) is 35.0 Å². The van der Waals surface area contributed by atoms with E-state index in [1.807, 2.05) is 0 Å². The van der Waals surface area contributed by atoms with Crippen molar-refractivity contribution in [3.63, 3.8) is 0 Å². The number of carboxylic acid groups (broad SMARTS) is 1. The van der Waals surface area contributed by atoms with Crippen molar-refractivity contribution in [3.8, 4) is 0 Å². The molecule has 4 heteroatoms. The lowest BCUT2D eigenvalue weighted by atomic mass is 10.1. The number of hydrogen-bond donors (Lipinski definition) is 1. The van der Waals surface area contributed by atoms with Crippen molar-refractivity contribution in [3.05, 3.63) is 0 Å². The Hall–Kier alpha value is -1.06. The van der Waals surface area contributed by atoms with Gasteiger partial charge in [0.2, 0.25) is 5.91 Å². The van der Waals surface area contributed by atoms with Gasteiger partial charge < -0.3 is 10.0 Å². The molecule has 1 aliphatic rings. The number of carboxylic acids is 1. The molecule has 98 valence electrons. The highest BCUT2D eigenvalue weighted by atomic mass is 16.4. The van der Waals surface area contributed by atoms with Gasteiger partial charge in [-0.05, 0) is 6.42 Å². The van der Waals surface area contributed by atoms with Crippen LogP contribution in [-0.2, 0) is 9.59 Å². The van der Waals surface area contributed by atoms with E-state index in [-0.39, 0.29) is 12.3 Å². The van der Waals surface area contributed by atoms with E-state index in [4.69, 9.17) is 5.11 Å². The van der Waals surface area contributed by atoms with Crippen LogP contribution in [0.15, 0.2) is 0 Å². The van der Waals surface area contributed by atoms with Crippen LogP contribution in [0.25, 0.3) is 0 Å². The second kappa shape index (κ2) is 7.30. The van der Waals surface area contributed by atoms with E-state index in [9.17, 15) is 9.59 Å². The van der Waals surface area contributed by atoms with E-state index in [0.29, 0.717) is 6.54 Å². The quantitative estimate of drug-likeness (QED) is 0.663. The van der Waals surface area contributed by atoms with Gasteiger partial charge in [0, 0.05) is 19.5 Å². The molecule has 0 radical (unpaired) electrons. The summed E-state index contributed by atoms with van der Waals surface area (Å²) in [5, 5.41) is 8.84. The SMILES string of the molecule is CCCCCCCCN1CC(C(=O)O)CC1=O. The monoisotopic (exact) mass is 241 g/mol. The van der Waals surface area contributed by atoms with Gasteiger partial charge in [-0.2, -0.15) is 0 Å². The molecule has 0 aromatic rings. The van der Waals surface area contributed by atoms with Crippen LogP contribution in [0, 0.1) is 5.92 Å². The van der Waals surface area contributed by atoms with Crippen LogP contribution < -0.4 is 0 Å². The summed E-state index contributed by atoms with van der Waals surface area (Å²) in [5.74, 6) is -1.32. The number of unbranched alkanes of at least 4 members (excludes halogenated alkanes) is 5. The zero-order valence-corrected chi connectivity index (χ0v) is 10.7. The number of hydrogen-bond acceptors (Lipinski definition) is 2. The maximum Gasteiger partial charge on any atom is 0.308 e. The lowest BCUT2D eigenvalue weighted by Gasteiger charge is -2.15. The Kier molecular flexibility index (Phi) is 6.01. The fourth-order valence-corrected chi connectivity index (χ4v) is 2.24. The first-order chi connectivity index (χ1) is 8.15. The maximum absolute atomic E-state index is 11.5. The van der Waals surface area contributed by atoms with Gasteiger partial charge in [0.15, 0.2) is 0 Å². The highest BCUT2D eigenvalue weighted by Gasteiger charge is 2.33.